The molecule has 1 aromatic heterocycles. The summed E-state index contributed by atoms with van der Waals surface area (Å²) in [6, 6.07) is 6.05. The number of ketones is 1. The van der Waals surface area contributed by atoms with Gasteiger partial charge in [0, 0.05) is 31.3 Å². The van der Waals surface area contributed by atoms with E-state index in [0.29, 0.717) is 25.5 Å². The van der Waals surface area contributed by atoms with E-state index < -0.39 is 11.2 Å². The average molecular weight is 432 g/mol. The monoisotopic (exact) mass is 431 g/mol. The van der Waals surface area contributed by atoms with Crippen LogP contribution in [0.2, 0.25) is 0 Å². The highest BCUT2D eigenvalue weighted by Crippen LogP contribution is 2.31. The summed E-state index contributed by atoms with van der Waals surface area (Å²) in [5.41, 5.74) is 0.0613. The van der Waals surface area contributed by atoms with Gasteiger partial charge in [0.2, 0.25) is 0 Å². The third-order valence-corrected chi connectivity index (χ3v) is 5.48. The van der Waals surface area contributed by atoms with Crippen molar-refractivity contribution in [3.63, 3.8) is 0 Å². The van der Waals surface area contributed by atoms with Gasteiger partial charge in [-0.3, -0.25) is 14.6 Å². The number of hydrogen-bond donors (Lipinski definition) is 2. The molecule has 3 rings (SSSR count). The van der Waals surface area contributed by atoms with Gasteiger partial charge in [-0.2, -0.15) is 0 Å². The molecule has 0 spiro atoms. The first-order valence-electron chi connectivity index (χ1n) is 10.9. The van der Waals surface area contributed by atoms with E-state index in [1.165, 1.54) is 22.9 Å². The van der Waals surface area contributed by atoms with Crippen molar-refractivity contribution >= 4 is 5.78 Å². The minimum absolute atomic E-state index is 0.0973. The van der Waals surface area contributed by atoms with Crippen molar-refractivity contribution in [2.24, 2.45) is 5.92 Å². The van der Waals surface area contributed by atoms with Crippen LogP contribution in [0.1, 0.15) is 57.1 Å². The predicted molar refractivity (Wildman–Crippen MR) is 116 cm³/mol. The number of rotatable bonds is 13. The molecule has 31 heavy (non-hydrogen) atoms. The van der Waals surface area contributed by atoms with Gasteiger partial charge in [-0.15, -0.1) is 0 Å². The quantitative estimate of drug-likeness (QED) is 0.476. The zero-order valence-electron chi connectivity index (χ0n) is 17.9. The summed E-state index contributed by atoms with van der Waals surface area (Å²) >= 11 is 0. The molecule has 0 radical (unpaired) electrons. The largest absolute Gasteiger partial charge is 0.490 e. The summed E-state index contributed by atoms with van der Waals surface area (Å²) in [7, 11) is 0. The first kappa shape index (κ1) is 22.9. The molecule has 168 valence electrons. The fraction of sp³-hybridized carbons (Fsp3) is 0.522. The summed E-state index contributed by atoms with van der Waals surface area (Å²) in [6.07, 6.45) is 6.53. The molecule has 8 heteroatoms. The van der Waals surface area contributed by atoms with E-state index in [1.807, 2.05) is 6.92 Å². The van der Waals surface area contributed by atoms with Gasteiger partial charge in [0.25, 0.3) is 5.56 Å². The van der Waals surface area contributed by atoms with Gasteiger partial charge >= 0.3 is 5.69 Å². The molecule has 1 saturated carbocycles. The van der Waals surface area contributed by atoms with Crippen LogP contribution >= 0.6 is 0 Å². The SMILES string of the molecule is C[C@H](NCC(=O)CCCCCn1ccc(=O)[nH]c1=O)c1ccc(F)c(OCC2CC2)c1. The maximum atomic E-state index is 13.9. The first-order chi connectivity index (χ1) is 14.9. The minimum atomic E-state index is -0.413. The fourth-order valence-corrected chi connectivity index (χ4v) is 3.27. The van der Waals surface area contributed by atoms with Crippen LogP contribution in [-0.4, -0.2) is 28.5 Å². The van der Waals surface area contributed by atoms with Crippen molar-refractivity contribution in [1.82, 2.24) is 14.9 Å². The molecule has 1 aromatic carbocycles. The second kappa shape index (κ2) is 11.0. The van der Waals surface area contributed by atoms with E-state index in [0.717, 1.165) is 37.7 Å². The molecule has 0 bridgehead atoms. The van der Waals surface area contributed by atoms with Crippen LogP contribution in [-0.2, 0) is 11.3 Å². The van der Waals surface area contributed by atoms with Gasteiger partial charge < -0.3 is 14.6 Å². The highest BCUT2D eigenvalue weighted by molar-refractivity contribution is 5.80. The summed E-state index contributed by atoms with van der Waals surface area (Å²) in [5, 5.41) is 3.20. The van der Waals surface area contributed by atoms with Crippen molar-refractivity contribution in [2.45, 2.75) is 58.0 Å². The van der Waals surface area contributed by atoms with Crippen molar-refractivity contribution < 1.29 is 13.9 Å². The smallest absolute Gasteiger partial charge is 0.328 e. The van der Waals surface area contributed by atoms with Gasteiger partial charge in [-0.1, -0.05) is 12.5 Å². The number of hydrogen-bond acceptors (Lipinski definition) is 5. The fourth-order valence-electron chi connectivity index (χ4n) is 3.27. The van der Waals surface area contributed by atoms with E-state index in [1.54, 1.807) is 12.1 Å². The van der Waals surface area contributed by atoms with Crippen LogP contribution in [0.3, 0.4) is 0 Å². The molecular weight excluding hydrogens is 401 g/mol. The predicted octanol–water partition coefficient (Wildman–Crippen LogP) is 2.94. The molecule has 1 aliphatic carbocycles. The van der Waals surface area contributed by atoms with Gasteiger partial charge in [-0.05, 0) is 56.2 Å². The van der Waals surface area contributed by atoms with E-state index in [4.69, 9.17) is 4.74 Å². The van der Waals surface area contributed by atoms with Crippen LogP contribution < -0.4 is 21.3 Å². The van der Waals surface area contributed by atoms with Crippen LogP contribution in [0.5, 0.6) is 5.75 Å². The van der Waals surface area contributed by atoms with E-state index in [2.05, 4.69) is 10.3 Å². The van der Waals surface area contributed by atoms with Crippen LogP contribution in [0.4, 0.5) is 4.39 Å². The third kappa shape index (κ3) is 7.47. The van der Waals surface area contributed by atoms with Gasteiger partial charge in [0.05, 0.1) is 13.2 Å². The zero-order valence-corrected chi connectivity index (χ0v) is 17.9. The number of unbranched alkanes of at least 4 members (excludes halogenated alkanes) is 2. The number of ether oxygens (including phenoxy) is 1. The second-order valence-corrected chi connectivity index (χ2v) is 8.20. The molecule has 2 aromatic rings. The van der Waals surface area contributed by atoms with Crippen molar-refractivity contribution in [3.8, 4) is 5.75 Å². The number of halogens is 1. The number of H-pyrrole nitrogens is 1. The zero-order chi connectivity index (χ0) is 22.2. The van der Waals surface area contributed by atoms with Crippen molar-refractivity contribution in [1.29, 1.82) is 0 Å². The Bertz CT molecular complexity index is 997. The lowest BCUT2D eigenvalue weighted by Crippen LogP contribution is -2.28. The standard InChI is InChI=1S/C23H30FN3O4/c1-16(18-8-9-20(24)21(13-18)31-15-17-6-7-17)25-14-19(28)5-3-2-4-11-27-12-10-22(29)26-23(27)30/h8-10,12-13,16-17,25H,2-7,11,14-15H2,1H3,(H,26,29,30)/t16-/m0/s1. The van der Waals surface area contributed by atoms with E-state index in [-0.39, 0.29) is 29.9 Å². The molecule has 0 saturated heterocycles. The first-order valence-corrected chi connectivity index (χ1v) is 10.9. The Hall–Kier alpha value is -2.74. The molecule has 0 aliphatic heterocycles. The molecule has 2 N–H and O–H groups in total. The van der Waals surface area contributed by atoms with E-state index >= 15 is 0 Å². The summed E-state index contributed by atoms with van der Waals surface area (Å²) < 4.78 is 21.0. The summed E-state index contributed by atoms with van der Waals surface area (Å²) in [5.74, 6) is 0.567. The Kier molecular flexibility index (Phi) is 8.17. The minimum Gasteiger partial charge on any atom is -0.490 e. The lowest BCUT2D eigenvalue weighted by Gasteiger charge is -2.16. The number of nitrogens with one attached hydrogen (secondary N) is 2. The Morgan fingerprint density at radius 3 is 2.81 bits per heavy atom. The molecule has 1 heterocycles. The maximum absolute atomic E-state index is 13.9. The van der Waals surface area contributed by atoms with Crippen molar-refractivity contribution in [2.75, 3.05) is 13.2 Å². The molecule has 0 unspecified atom stereocenters. The normalized spacial score (nSPS) is 14.4. The Morgan fingerprint density at radius 1 is 1.26 bits per heavy atom. The van der Waals surface area contributed by atoms with E-state index in [9.17, 15) is 18.8 Å². The number of aromatic nitrogens is 2. The third-order valence-electron chi connectivity index (χ3n) is 5.48. The van der Waals surface area contributed by atoms with Gasteiger partial charge in [-0.25, -0.2) is 9.18 Å². The Morgan fingerprint density at radius 2 is 2.06 bits per heavy atom. The average Bonchev–Trinajstić information content (AvgIpc) is 3.57. The lowest BCUT2D eigenvalue weighted by atomic mass is 10.1. The molecule has 7 nitrogen and oxygen atoms in total. The second-order valence-electron chi connectivity index (χ2n) is 8.20. The lowest BCUT2D eigenvalue weighted by molar-refractivity contribution is -0.118. The topological polar surface area (TPSA) is 93.2 Å². The summed E-state index contributed by atoms with van der Waals surface area (Å²) in [6.45, 7) is 3.25. The highest BCUT2D eigenvalue weighted by Gasteiger charge is 2.22. The summed E-state index contributed by atoms with van der Waals surface area (Å²) in [4.78, 5) is 37.0. The van der Waals surface area contributed by atoms with Crippen LogP contribution in [0, 0.1) is 11.7 Å². The number of nitrogens with zero attached hydrogens (tertiary/aromatic N) is 1. The number of Topliss-reactive ketones (excluding diaryl/α,β-unsaturated/α-hetero) is 1. The van der Waals surface area contributed by atoms with Gasteiger partial charge in [0.15, 0.2) is 11.6 Å². The number of carbonyl (C=O) groups is 1. The number of aromatic amines is 1. The highest BCUT2D eigenvalue weighted by atomic mass is 19.1. The molecule has 1 atom stereocenters. The molecular formula is C23H30FN3O4. The molecule has 0 amide bonds. The maximum Gasteiger partial charge on any atom is 0.328 e. The van der Waals surface area contributed by atoms with Crippen molar-refractivity contribution in [3.05, 3.63) is 62.7 Å². The van der Waals surface area contributed by atoms with Crippen LogP contribution in [0.25, 0.3) is 0 Å². The van der Waals surface area contributed by atoms with Gasteiger partial charge in [0.1, 0.15) is 5.78 Å². The number of aryl methyl sites for hydroxylation is 1. The number of benzene rings is 1. The molecule has 1 aliphatic rings. The Labute approximate surface area is 180 Å². The number of carbonyl (C=O) groups excluding carboxylic acids is 1. The molecule has 1 fully saturated rings. The Balaban J connectivity index is 1.34. The van der Waals surface area contributed by atoms with Crippen LogP contribution in [0.15, 0.2) is 40.1 Å².